The molecule has 3 nitrogen and oxygen atoms in total. The zero-order valence-corrected chi connectivity index (χ0v) is 14.8. The number of aryl methyl sites for hydroxylation is 1. The molecular formula is C16H31N3S. The Morgan fingerprint density at radius 2 is 1.85 bits per heavy atom. The van der Waals surface area contributed by atoms with Gasteiger partial charge in [0.15, 0.2) is 5.13 Å². The lowest BCUT2D eigenvalue weighted by atomic mass is 10.1. The minimum Gasteiger partial charge on any atom is -0.348 e. The minimum absolute atomic E-state index is 0.599. The van der Waals surface area contributed by atoms with Crippen LogP contribution in [-0.4, -0.2) is 24.6 Å². The van der Waals surface area contributed by atoms with Gasteiger partial charge in [0.2, 0.25) is 0 Å². The van der Waals surface area contributed by atoms with E-state index in [0.29, 0.717) is 12.0 Å². The van der Waals surface area contributed by atoms with Crippen LogP contribution in [0.1, 0.15) is 58.0 Å². The lowest BCUT2D eigenvalue weighted by molar-refractivity contribution is 0.553. The smallest absolute Gasteiger partial charge is 0.185 e. The third-order valence-electron chi connectivity index (χ3n) is 3.73. The van der Waals surface area contributed by atoms with Crippen molar-refractivity contribution in [1.29, 1.82) is 0 Å². The molecule has 4 heteroatoms. The van der Waals surface area contributed by atoms with Gasteiger partial charge in [-0.1, -0.05) is 34.6 Å². The van der Waals surface area contributed by atoms with Crippen molar-refractivity contribution in [3.05, 3.63) is 10.6 Å². The second kappa shape index (κ2) is 8.63. The van der Waals surface area contributed by atoms with Crippen molar-refractivity contribution in [3.8, 4) is 0 Å². The summed E-state index contributed by atoms with van der Waals surface area (Å²) in [5.74, 6) is 0.694. The lowest BCUT2D eigenvalue weighted by Crippen LogP contribution is -2.30. The molecule has 116 valence electrons. The predicted molar refractivity (Wildman–Crippen MR) is 90.8 cm³/mol. The molecule has 0 aliphatic carbocycles. The molecule has 1 heterocycles. The van der Waals surface area contributed by atoms with Crippen LogP contribution in [-0.2, 0) is 13.0 Å². The maximum atomic E-state index is 4.85. The largest absolute Gasteiger partial charge is 0.348 e. The number of hydrogen-bond acceptors (Lipinski definition) is 4. The predicted octanol–water partition coefficient (Wildman–Crippen LogP) is 4.08. The molecule has 0 radical (unpaired) electrons. The Morgan fingerprint density at radius 3 is 2.35 bits per heavy atom. The highest BCUT2D eigenvalue weighted by atomic mass is 32.1. The van der Waals surface area contributed by atoms with Crippen LogP contribution in [0.5, 0.6) is 0 Å². The standard InChI is InChI=1S/C16H31N3S/c1-7-13(8-2)19(6)16-18-14(9-3)15(20-16)11-17-10-12(4)5/h12-13,17H,7-11H2,1-6H3. The van der Waals surface area contributed by atoms with Crippen molar-refractivity contribution in [2.45, 2.75) is 66.5 Å². The molecule has 0 saturated carbocycles. The van der Waals surface area contributed by atoms with Gasteiger partial charge >= 0.3 is 0 Å². The first-order valence-electron chi connectivity index (χ1n) is 7.95. The number of nitrogens with one attached hydrogen (secondary N) is 1. The summed E-state index contributed by atoms with van der Waals surface area (Å²) in [6.07, 6.45) is 3.37. The van der Waals surface area contributed by atoms with Crippen LogP contribution < -0.4 is 10.2 Å². The van der Waals surface area contributed by atoms with Crippen molar-refractivity contribution in [3.63, 3.8) is 0 Å². The molecule has 1 aromatic heterocycles. The molecule has 0 fully saturated rings. The summed E-state index contributed by atoms with van der Waals surface area (Å²) in [7, 11) is 2.18. The Balaban J connectivity index is 2.77. The molecule has 0 aliphatic heterocycles. The first-order chi connectivity index (χ1) is 9.53. The van der Waals surface area contributed by atoms with Crippen LogP contribution in [0.2, 0.25) is 0 Å². The van der Waals surface area contributed by atoms with E-state index in [1.165, 1.54) is 28.5 Å². The number of rotatable bonds is 9. The van der Waals surface area contributed by atoms with Gasteiger partial charge < -0.3 is 10.2 Å². The molecule has 0 bridgehead atoms. The highest BCUT2D eigenvalue weighted by Crippen LogP contribution is 2.28. The summed E-state index contributed by atoms with van der Waals surface area (Å²) < 4.78 is 0. The van der Waals surface area contributed by atoms with Gasteiger partial charge in [-0.2, -0.15) is 0 Å². The number of nitrogens with zero attached hydrogens (tertiary/aromatic N) is 2. The van der Waals surface area contributed by atoms with Crippen LogP contribution in [0, 0.1) is 5.92 Å². The number of thiazole rings is 1. The van der Waals surface area contributed by atoms with E-state index >= 15 is 0 Å². The Labute approximate surface area is 128 Å². The van der Waals surface area contributed by atoms with Crippen molar-refractivity contribution in [2.75, 3.05) is 18.5 Å². The minimum atomic E-state index is 0.599. The van der Waals surface area contributed by atoms with Gasteiger partial charge in [-0.25, -0.2) is 4.98 Å². The molecule has 1 N–H and O–H groups in total. The van der Waals surface area contributed by atoms with E-state index in [2.05, 4.69) is 51.9 Å². The molecule has 20 heavy (non-hydrogen) atoms. The molecule has 0 aromatic carbocycles. The number of anilines is 1. The molecule has 0 saturated heterocycles. The lowest BCUT2D eigenvalue weighted by Gasteiger charge is -2.25. The van der Waals surface area contributed by atoms with Crippen molar-refractivity contribution in [1.82, 2.24) is 10.3 Å². The second-order valence-electron chi connectivity index (χ2n) is 5.83. The Bertz CT molecular complexity index is 383. The Kier molecular flexibility index (Phi) is 7.52. The van der Waals surface area contributed by atoms with Gasteiger partial charge in [0.05, 0.1) is 5.69 Å². The van der Waals surface area contributed by atoms with Gasteiger partial charge in [-0.3, -0.25) is 0 Å². The van der Waals surface area contributed by atoms with Crippen LogP contribution >= 0.6 is 11.3 Å². The van der Waals surface area contributed by atoms with Gasteiger partial charge in [0, 0.05) is 24.5 Å². The monoisotopic (exact) mass is 297 g/mol. The van der Waals surface area contributed by atoms with Crippen molar-refractivity contribution >= 4 is 16.5 Å². The fourth-order valence-electron chi connectivity index (χ4n) is 2.40. The van der Waals surface area contributed by atoms with Crippen LogP contribution in [0.3, 0.4) is 0 Å². The normalized spacial score (nSPS) is 11.6. The molecule has 0 amide bonds. The Morgan fingerprint density at radius 1 is 1.20 bits per heavy atom. The van der Waals surface area contributed by atoms with Gasteiger partial charge in [0.1, 0.15) is 0 Å². The number of aromatic nitrogens is 1. The molecule has 1 rings (SSSR count). The highest BCUT2D eigenvalue weighted by Gasteiger charge is 2.17. The van der Waals surface area contributed by atoms with E-state index in [4.69, 9.17) is 4.98 Å². The summed E-state index contributed by atoms with van der Waals surface area (Å²) in [6.45, 7) is 13.2. The molecule has 0 spiro atoms. The zero-order valence-electron chi connectivity index (χ0n) is 14.0. The maximum absolute atomic E-state index is 4.85. The first-order valence-corrected chi connectivity index (χ1v) is 8.77. The average Bonchev–Trinajstić information content (AvgIpc) is 2.83. The Hall–Kier alpha value is -0.610. The molecule has 0 unspecified atom stereocenters. The van der Waals surface area contributed by atoms with E-state index in [9.17, 15) is 0 Å². The van der Waals surface area contributed by atoms with E-state index in [-0.39, 0.29) is 0 Å². The summed E-state index contributed by atoms with van der Waals surface area (Å²) in [5, 5.41) is 4.71. The number of hydrogen-bond donors (Lipinski definition) is 1. The first kappa shape index (κ1) is 17.4. The molecule has 0 atom stereocenters. The summed E-state index contributed by atoms with van der Waals surface area (Å²) in [4.78, 5) is 8.61. The van der Waals surface area contributed by atoms with E-state index in [0.717, 1.165) is 19.5 Å². The summed E-state index contributed by atoms with van der Waals surface area (Å²) in [5.41, 5.74) is 1.26. The van der Waals surface area contributed by atoms with E-state index in [1.807, 2.05) is 11.3 Å². The van der Waals surface area contributed by atoms with Crippen LogP contribution in [0.4, 0.5) is 5.13 Å². The molecule has 1 aromatic rings. The maximum Gasteiger partial charge on any atom is 0.185 e. The SMILES string of the molecule is CCc1nc(N(C)C(CC)CC)sc1CNCC(C)C. The van der Waals surface area contributed by atoms with Gasteiger partial charge in [0.25, 0.3) is 0 Å². The zero-order chi connectivity index (χ0) is 15.1. The van der Waals surface area contributed by atoms with Crippen molar-refractivity contribution < 1.29 is 0 Å². The van der Waals surface area contributed by atoms with Crippen LogP contribution in [0.25, 0.3) is 0 Å². The molecular weight excluding hydrogens is 266 g/mol. The average molecular weight is 298 g/mol. The fourth-order valence-corrected chi connectivity index (χ4v) is 3.55. The topological polar surface area (TPSA) is 28.2 Å². The van der Waals surface area contributed by atoms with Crippen LogP contribution in [0.15, 0.2) is 0 Å². The van der Waals surface area contributed by atoms with Crippen molar-refractivity contribution in [2.24, 2.45) is 5.92 Å². The van der Waals surface area contributed by atoms with Gasteiger partial charge in [-0.15, -0.1) is 11.3 Å². The third-order valence-corrected chi connectivity index (χ3v) is 4.92. The van der Waals surface area contributed by atoms with E-state index < -0.39 is 0 Å². The summed E-state index contributed by atoms with van der Waals surface area (Å²) in [6, 6.07) is 0.599. The fraction of sp³-hybridized carbons (Fsp3) is 0.812. The second-order valence-corrected chi connectivity index (χ2v) is 6.89. The molecule has 0 aliphatic rings. The summed E-state index contributed by atoms with van der Waals surface area (Å²) >= 11 is 1.86. The highest BCUT2D eigenvalue weighted by molar-refractivity contribution is 7.15. The van der Waals surface area contributed by atoms with Gasteiger partial charge in [-0.05, 0) is 31.7 Å². The third kappa shape index (κ3) is 4.74. The quantitative estimate of drug-likeness (QED) is 0.744. The van der Waals surface area contributed by atoms with E-state index in [1.54, 1.807) is 0 Å².